The van der Waals surface area contributed by atoms with Crippen LogP contribution in [0, 0.1) is 0 Å². The second-order valence-electron chi connectivity index (χ2n) is 11.1. The SMILES string of the molecule is CC(C)(C)OC(=O)n1c(CO)cc2ccc(Cn3cc(-c4cc(Br)cc5c4cnn5C4CCCCO4)nn3)cc21. The summed E-state index contributed by atoms with van der Waals surface area (Å²) in [7, 11) is 0. The Bertz CT molecular complexity index is 1710. The van der Waals surface area contributed by atoms with Crippen LogP contribution in [0.4, 0.5) is 4.79 Å². The monoisotopic (exact) mass is 606 g/mol. The number of aromatic nitrogens is 6. The molecule has 6 rings (SSSR count). The Labute approximate surface area is 239 Å². The molecule has 40 heavy (non-hydrogen) atoms. The number of rotatable bonds is 5. The molecule has 0 saturated carbocycles. The fraction of sp³-hybridized carbons (Fsp3) is 0.379. The molecule has 2 aromatic carbocycles. The molecule has 0 amide bonds. The van der Waals surface area contributed by atoms with Gasteiger partial charge in [-0.2, -0.15) is 5.10 Å². The number of halogens is 1. The van der Waals surface area contributed by atoms with Crippen LogP contribution in [0.3, 0.4) is 0 Å². The van der Waals surface area contributed by atoms with Crippen LogP contribution < -0.4 is 0 Å². The van der Waals surface area contributed by atoms with E-state index in [1.54, 1.807) is 10.7 Å². The molecule has 10 nitrogen and oxygen atoms in total. The van der Waals surface area contributed by atoms with Crippen LogP contribution in [0.2, 0.25) is 0 Å². The van der Waals surface area contributed by atoms with Gasteiger partial charge in [0.15, 0.2) is 6.23 Å². The summed E-state index contributed by atoms with van der Waals surface area (Å²) in [6, 6.07) is 11.7. The van der Waals surface area contributed by atoms with Gasteiger partial charge in [-0.15, -0.1) is 5.10 Å². The Kier molecular flexibility index (Phi) is 6.97. The maximum atomic E-state index is 13.0. The number of aliphatic hydroxyl groups is 1. The third-order valence-corrected chi connectivity index (χ3v) is 7.41. The second-order valence-corrected chi connectivity index (χ2v) is 12.0. The molecule has 3 aromatic heterocycles. The molecule has 1 saturated heterocycles. The van der Waals surface area contributed by atoms with Crippen molar-refractivity contribution in [3.8, 4) is 11.3 Å². The number of hydrogen-bond donors (Lipinski definition) is 1. The van der Waals surface area contributed by atoms with Crippen molar-refractivity contribution in [1.82, 2.24) is 29.3 Å². The molecule has 1 aliphatic heterocycles. The van der Waals surface area contributed by atoms with Crippen molar-refractivity contribution in [3.63, 3.8) is 0 Å². The minimum absolute atomic E-state index is 0.0648. The molecule has 0 bridgehead atoms. The first kappa shape index (κ1) is 26.7. The molecular formula is C29H31BrN6O4. The lowest BCUT2D eigenvalue weighted by molar-refractivity contribution is -0.0366. The topological polar surface area (TPSA) is 109 Å². The van der Waals surface area contributed by atoms with Crippen LogP contribution in [0.5, 0.6) is 0 Å². The molecule has 1 N–H and O–H groups in total. The van der Waals surface area contributed by atoms with Crippen molar-refractivity contribution in [2.75, 3.05) is 6.61 Å². The number of aliphatic hydroxyl groups excluding tert-OH is 1. The smallest absolute Gasteiger partial charge is 0.419 e. The zero-order chi connectivity index (χ0) is 28.0. The standard InChI is InChI=1S/C29H31BrN6O4/c1-29(2,3)40-28(38)35-21(17-37)11-19-8-7-18(10-25(19)35)15-34-16-24(32-33-34)22-12-20(30)13-26-23(22)14-31-36(26)27-6-4-5-9-39-27/h7-8,10-14,16,27,37H,4-6,9,15,17H2,1-3H3. The van der Waals surface area contributed by atoms with Gasteiger partial charge in [-0.3, -0.25) is 0 Å². The van der Waals surface area contributed by atoms with Crippen LogP contribution >= 0.6 is 15.9 Å². The van der Waals surface area contributed by atoms with Gasteiger partial charge in [0.1, 0.15) is 11.3 Å². The third-order valence-electron chi connectivity index (χ3n) is 6.95. The number of carbonyl (C=O) groups is 1. The number of fused-ring (bicyclic) bond motifs is 2. The van der Waals surface area contributed by atoms with E-state index < -0.39 is 11.7 Å². The quantitative estimate of drug-likeness (QED) is 0.260. The third kappa shape index (κ3) is 5.16. The predicted molar refractivity (Wildman–Crippen MR) is 154 cm³/mol. The normalized spacial score (nSPS) is 16.2. The van der Waals surface area contributed by atoms with E-state index >= 15 is 0 Å². The average Bonchev–Trinajstić information content (AvgIpc) is 3.64. The molecular weight excluding hydrogens is 576 g/mol. The molecule has 4 heterocycles. The van der Waals surface area contributed by atoms with E-state index in [4.69, 9.17) is 9.47 Å². The molecule has 11 heteroatoms. The van der Waals surface area contributed by atoms with Crippen molar-refractivity contribution in [1.29, 1.82) is 0 Å². The van der Waals surface area contributed by atoms with E-state index in [-0.39, 0.29) is 12.8 Å². The molecule has 1 fully saturated rings. The van der Waals surface area contributed by atoms with E-state index in [1.165, 1.54) is 4.57 Å². The number of benzene rings is 2. The summed E-state index contributed by atoms with van der Waals surface area (Å²) >= 11 is 3.66. The van der Waals surface area contributed by atoms with E-state index in [0.29, 0.717) is 17.8 Å². The van der Waals surface area contributed by atoms with Gasteiger partial charge in [-0.25, -0.2) is 18.7 Å². The maximum absolute atomic E-state index is 13.0. The highest BCUT2D eigenvalue weighted by Gasteiger charge is 2.23. The van der Waals surface area contributed by atoms with Crippen molar-refractivity contribution in [2.45, 2.75) is 65.0 Å². The number of nitrogens with zero attached hydrogens (tertiary/aromatic N) is 6. The van der Waals surface area contributed by atoms with Gasteiger partial charge < -0.3 is 14.6 Å². The summed E-state index contributed by atoms with van der Waals surface area (Å²) < 4.78 is 17.7. The summed E-state index contributed by atoms with van der Waals surface area (Å²) in [4.78, 5) is 13.0. The largest absolute Gasteiger partial charge is 0.443 e. The van der Waals surface area contributed by atoms with Gasteiger partial charge in [-0.1, -0.05) is 33.3 Å². The van der Waals surface area contributed by atoms with E-state index in [9.17, 15) is 9.90 Å². The number of carbonyl (C=O) groups excluding carboxylic acids is 1. The zero-order valence-electron chi connectivity index (χ0n) is 22.7. The number of ether oxygens (including phenoxy) is 2. The zero-order valence-corrected chi connectivity index (χ0v) is 24.3. The van der Waals surface area contributed by atoms with Gasteiger partial charge in [0, 0.05) is 27.4 Å². The molecule has 0 aliphatic carbocycles. The van der Waals surface area contributed by atoms with Crippen LogP contribution in [-0.4, -0.2) is 52.7 Å². The molecule has 1 aliphatic rings. The summed E-state index contributed by atoms with van der Waals surface area (Å²) in [5.41, 5.74) is 4.06. The van der Waals surface area contributed by atoms with Crippen molar-refractivity contribution in [3.05, 3.63) is 64.5 Å². The lowest BCUT2D eigenvalue weighted by Gasteiger charge is -2.23. The summed E-state index contributed by atoms with van der Waals surface area (Å²) in [5.74, 6) is 0. The van der Waals surface area contributed by atoms with Gasteiger partial charge >= 0.3 is 6.09 Å². The first-order valence-electron chi connectivity index (χ1n) is 13.4. The molecule has 0 spiro atoms. The Morgan fingerprint density at radius 1 is 1.18 bits per heavy atom. The minimum atomic E-state index is -0.660. The maximum Gasteiger partial charge on any atom is 0.419 e. The highest BCUT2D eigenvalue weighted by Crippen LogP contribution is 2.34. The Balaban J connectivity index is 1.31. The fourth-order valence-corrected chi connectivity index (χ4v) is 5.64. The minimum Gasteiger partial charge on any atom is -0.443 e. The Morgan fingerprint density at radius 3 is 2.77 bits per heavy atom. The molecule has 1 atom stereocenters. The Hall–Kier alpha value is -3.54. The summed E-state index contributed by atoms with van der Waals surface area (Å²) in [5, 5.41) is 25.2. The van der Waals surface area contributed by atoms with Crippen LogP contribution in [-0.2, 0) is 22.6 Å². The van der Waals surface area contributed by atoms with Crippen molar-refractivity contribution in [2.24, 2.45) is 0 Å². The van der Waals surface area contributed by atoms with E-state index in [2.05, 4.69) is 37.4 Å². The first-order valence-corrected chi connectivity index (χ1v) is 14.2. The van der Waals surface area contributed by atoms with E-state index in [0.717, 1.165) is 63.5 Å². The van der Waals surface area contributed by atoms with Gasteiger partial charge in [0.05, 0.1) is 42.3 Å². The van der Waals surface area contributed by atoms with Gasteiger partial charge in [0.25, 0.3) is 0 Å². The average molecular weight is 608 g/mol. The Morgan fingerprint density at radius 2 is 2.02 bits per heavy atom. The lowest BCUT2D eigenvalue weighted by atomic mass is 10.1. The van der Waals surface area contributed by atoms with Gasteiger partial charge in [-0.05, 0) is 69.9 Å². The highest BCUT2D eigenvalue weighted by atomic mass is 79.9. The molecule has 5 aromatic rings. The summed E-state index contributed by atoms with van der Waals surface area (Å²) in [6.45, 7) is 6.37. The van der Waals surface area contributed by atoms with Gasteiger partial charge in [0.2, 0.25) is 0 Å². The van der Waals surface area contributed by atoms with Crippen LogP contribution in [0.15, 0.2) is 53.3 Å². The summed E-state index contributed by atoms with van der Waals surface area (Å²) in [6.07, 6.45) is 6.33. The predicted octanol–water partition coefficient (Wildman–Crippen LogP) is 6.03. The second kappa shape index (κ2) is 10.5. The number of hydrogen-bond acceptors (Lipinski definition) is 7. The fourth-order valence-electron chi connectivity index (χ4n) is 5.20. The van der Waals surface area contributed by atoms with Crippen LogP contribution in [0.25, 0.3) is 33.1 Å². The molecule has 1 unspecified atom stereocenters. The van der Waals surface area contributed by atoms with Crippen molar-refractivity contribution < 1.29 is 19.4 Å². The lowest BCUT2D eigenvalue weighted by Crippen LogP contribution is -2.28. The molecule has 208 valence electrons. The highest BCUT2D eigenvalue weighted by molar-refractivity contribution is 9.10. The van der Waals surface area contributed by atoms with Crippen molar-refractivity contribution >= 4 is 43.8 Å². The van der Waals surface area contributed by atoms with Crippen LogP contribution in [0.1, 0.15) is 57.5 Å². The first-order chi connectivity index (χ1) is 19.2. The van der Waals surface area contributed by atoms with E-state index in [1.807, 2.05) is 62.1 Å². The molecule has 0 radical (unpaired) electrons.